The van der Waals surface area contributed by atoms with Gasteiger partial charge in [0.25, 0.3) is 5.91 Å². The molecule has 2 heterocycles. The largest absolute Gasteiger partial charge is 0.342 e. The predicted molar refractivity (Wildman–Crippen MR) is 74.0 cm³/mol. The van der Waals surface area contributed by atoms with E-state index in [2.05, 4.69) is 15.3 Å². The number of imidazole rings is 1. The number of nitrogens with two attached hydrogens (primary N) is 1. The van der Waals surface area contributed by atoms with E-state index in [4.69, 9.17) is 5.73 Å². The van der Waals surface area contributed by atoms with E-state index in [1.165, 1.54) is 0 Å². The first-order valence-corrected chi connectivity index (χ1v) is 6.87. The summed E-state index contributed by atoms with van der Waals surface area (Å²) in [6.07, 6.45) is 5.11. The first-order chi connectivity index (χ1) is 9.10. The minimum absolute atomic E-state index is 0.120. The normalized spacial score (nSPS) is 12.4. The van der Waals surface area contributed by atoms with Crippen LogP contribution in [0.15, 0.2) is 18.7 Å². The summed E-state index contributed by atoms with van der Waals surface area (Å²) in [6.45, 7) is 5.07. The van der Waals surface area contributed by atoms with Gasteiger partial charge in [0.15, 0.2) is 0 Å². The highest BCUT2D eigenvalue weighted by Crippen LogP contribution is 2.19. The lowest BCUT2D eigenvalue weighted by Gasteiger charge is -2.09. The molecule has 0 aromatic carbocycles. The van der Waals surface area contributed by atoms with Crippen LogP contribution in [-0.2, 0) is 6.54 Å². The Labute approximate surface area is 115 Å². The predicted octanol–water partition coefficient (Wildman–Crippen LogP) is 1.10. The Hall–Kier alpha value is -1.73. The molecule has 0 spiro atoms. The molecule has 0 fully saturated rings. The van der Waals surface area contributed by atoms with E-state index in [1.807, 2.05) is 13.8 Å². The van der Waals surface area contributed by atoms with E-state index in [0.717, 1.165) is 9.88 Å². The molecule has 0 saturated heterocycles. The Kier molecular flexibility index (Phi) is 4.28. The molecule has 0 aliphatic rings. The number of carbonyl (C=O) groups excluding carboxylic acids is 1. The number of hydrogen-bond donors (Lipinski definition) is 2. The van der Waals surface area contributed by atoms with Gasteiger partial charge in [-0.2, -0.15) is 0 Å². The minimum Gasteiger partial charge on any atom is -0.342 e. The van der Waals surface area contributed by atoms with E-state index in [-0.39, 0.29) is 11.9 Å². The fourth-order valence-electron chi connectivity index (χ4n) is 1.65. The van der Waals surface area contributed by atoms with E-state index in [9.17, 15) is 4.79 Å². The Morgan fingerprint density at radius 1 is 1.58 bits per heavy atom. The lowest BCUT2D eigenvalue weighted by atomic mass is 10.3. The van der Waals surface area contributed by atoms with Gasteiger partial charge in [-0.3, -0.25) is 4.79 Å². The average Bonchev–Trinajstić information content (AvgIpc) is 2.98. The molecule has 1 atom stereocenters. The Morgan fingerprint density at radius 2 is 2.37 bits per heavy atom. The van der Waals surface area contributed by atoms with Crippen molar-refractivity contribution < 1.29 is 4.79 Å². The summed E-state index contributed by atoms with van der Waals surface area (Å²) in [5.74, 6) is -0.198. The topological polar surface area (TPSA) is 85.8 Å². The molecule has 1 amide bonds. The SMILES string of the molecule is Cc1cnc(C(C)NC(=O)c2cn(CCN)cn2)s1. The number of amides is 1. The Morgan fingerprint density at radius 3 is 3.00 bits per heavy atom. The van der Waals surface area contributed by atoms with Crippen molar-refractivity contribution in [1.29, 1.82) is 0 Å². The van der Waals surface area contributed by atoms with Crippen LogP contribution in [0.25, 0.3) is 0 Å². The zero-order chi connectivity index (χ0) is 13.8. The average molecular weight is 279 g/mol. The van der Waals surface area contributed by atoms with Crippen LogP contribution in [0, 0.1) is 6.92 Å². The zero-order valence-electron chi connectivity index (χ0n) is 11.0. The maximum Gasteiger partial charge on any atom is 0.272 e. The molecular weight excluding hydrogens is 262 g/mol. The van der Waals surface area contributed by atoms with Gasteiger partial charge in [0, 0.05) is 30.4 Å². The first kappa shape index (κ1) is 13.7. The molecule has 7 heteroatoms. The number of aromatic nitrogens is 3. The van der Waals surface area contributed by atoms with Gasteiger partial charge in [0.2, 0.25) is 0 Å². The van der Waals surface area contributed by atoms with Crippen molar-refractivity contribution in [3.63, 3.8) is 0 Å². The van der Waals surface area contributed by atoms with Crippen LogP contribution in [0.1, 0.15) is 33.3 Å². The molecule has 0 saturated carbocycles. The van der Waals surface area contributed by atoms with Crippen molar-refractivity contribution in [2.24, 2.45) is 5.73 Å². The fourth-order valence-corrected chi connectivity index (χ4v) is 2.43. The van der Waals surface area contributed by atoms with Gasteiger partial charge < -0.3 is 15.6 Å². The smallest absolute Gasteiger partial charge is 0.272 e. The van der Waals surface area contributed by atoms with Gasteiger partial charge in [-0.25, -0.2) is 9.97 Å². The standard InChI is InChI=1S/C12H17N5OS/c1-8-5-14-12(19-8)9(2)16-11(18)10-6-17(4-3-13)7-15-10/h5-7,9H,3-4,13H2,1-2H3,(H,16,18). The van der Waals surface area contributed by atoms with Crippen LogP contribution in [0.2, 0.25) is 0 Å². The number of thiazole rings is 1. The summed E-state index contributed by atoms with van der Waals surface area (Å²) in [7, 11) is 0. The molecular formula is C12H17N5OS. The molecule has 2 rings (SSSR count). The van der Waals surface area contributed by atoms with Crippen molar-refractivity contribution in [3.05, 3.63) is 34.3 Å². The summed E-state index contributed by atoms with van der Waals surface area (Å²) in [5.41, 5.74) is 5.85. The van der Waals surface area contributed by atoms with E-state index in [0.29, 0.717) is 18.8 Å². The first-order valence-electron chi connectivity index (χ1n) is 6.05. The molecule has 2 aromatic rings. The van der Waals surface area contributed by atoms with Crippen LogP contribution >= 0.6 is 11.3 Å². The minimum atomic E-state index is -0.198. The maximum absolute atomic E-state index is 12.0. The number of nitrogens with zero attached hydrogens (tertiary/aromatic N) is 3. The van der Waals surface area contributed by atoms with Gasteiger partial charge in [0.05, 0.1) is 12.4 Å². The number of aryl methyl sites for hydroxylation is 1. The van der Waals surface area contributed by atoms with Gasteiger partial charge in [-0.05, 0) is 13.8 Å². The third kappa shape index (κ3) is 3.39. The van der Waals surface area contributed by atoms with Crippen LogP contribution in [0.4, 0.5) is 0 Å². The number of nitrogens with one attached hydrogen (secondary N) is 1. The number of hydrogen-bond acceptors (Lipinski definition) is 5. The highest BCUT2D eigenvalue weighted by Gasteiger charge is 2.15. The lowest BCUT2D eigenvalue weighted by molar-refractivity contribution is 0.0935. The molecule has 19 heavy (non-hydrogen) atoms. The second-order valence-electron chi connectivity index (χ2n) is 4.29. The van der Waals surface area contributed by atoms with Crippen LogP contribution < -0.4 is 11.1 Å². The third-order valence-corrected chi connectivity index (χ3v) is 3.71. The summed E-state index contributed by atoms with van der Waals surface area (Å²) >= 11 is 1.58. The zero-order valence-corrected chi connectivity index (χ0v) is 11.8. The van der Waals surface area contributed by atoms with Gasteiger partial charge in [-0.15, -0.1) is 11.3 Å². The maximum atomic E-state index is 12.0. The monoisotopic (exact) mass is 279 g/mol. The molecule has 0 aliphatic heterocycles. The molecule has 2 aromatic heterocycles. The van der Waals surface area contributed by atoms with Crippen LogP contribution in [-0.4, -0.2) is 27.0 Å². The van der Waals surface area contributed by atoms with E-state index < -0.39 is 0 Å². The molecule has 0 radical (unpaired) electrons. The molecule has 3 N–H and O–H groups in total. The van der Waals surface area contributed by atoms with Crippen molar-refractivity contribution in [2.45, 2.75) is 26.4 Å². The summed E-state index contributed by atoms with van der Waals surface area (Å²) in [4.78, 5) is 21.5. The van der Waals surface area contributed by atoms with Gasteiger partial charge in [0.1, 0.15) is 10.7 Å². The van der Waals surface area contributed by atoms with Crippen molar-refractivity contribution in [3.8, 4) is 0 Å². The fraction of sp³-hybridized carbons (Fsp3) is 0.417. The van der Waals surface area contributed by atoms with Crippen LogP contribution in [0.3, 0.4) is 0 Å². The van der Waals surface area contributed by atoms with Gasteiger partial charge in [-0.1, -0.05) is 0 Å². The molecule has 6 nitrogen and oxygen atoms in total. The quantitative estimate of drug-likeness (QED) is 0.858. The summed E-state index contributed by atoms with van der Waals surface area (Å²) in [5, 5.41) is 3.78. The second-order valence-corrected chi connectivity index (χ2v) is 5.56. The van der Waals surface area contributed by atoms with Gasteiger partial charge >= 0.3 is 0 Å². The summed E-state index contributed by atoms with van der Waals surface area (Å²) in [6, 6.07) is -0.120. The third-order valence-electron chi connectivity index (χ3n) is 2.61. The lowest BCUT2D eigenvalue weighted by Crippen LogP contribution is -2.26. The second kappa shape index (κ2) is 5.94. The molecule has 0 aliphatic carbocycles. The molecule has 1 unspecified atom stereocenters. The van der Waals surface area contributed by atoms with Crippen molar-refractivity contribution >= 4 is 17.2 Å². The van der Waals surface area contributed by atoms with Crippen molar-refractivity contribution in [2.75, 3.05) is 6.54 Å². The molecule has 0 bridgehead atoms. The highest BCUT2D eigenvalue weighted by atomic mass is 32.1. The van der Waals surface area contributed by atoms with Crippen LogP contribution in [0.5, 0.6) is 0 Å². The van der Waals surface area contributed by atoms with Crippen molar-refractivity contribution in [1.82, 2.24) is 19.9 Å². The Bertz CT molecular complexity index is 562. The van der Waals surface area contributed by atoms with E-state index in [1.54, 1.807) is 34.6 Å². The Balaban J connectivity index is 1.99. The number of rotatable bonds is 5. The highest BCUT2D eigenvalue weighted by molar-refractivity contribution is 7.11. The summed E-state index contributed by atoms with van der Waals surface area (Å²) < 4.78 is 1.80. The van der Waals surface area contributed by atoms with E-state index >= 15 is 0 Å². The number of carbonyl (C=O) groups is 1. The molecule has 102 valence electrons.